The van der Waals surface area contributed by atoms with Gasteiger partial charge in [-0.1, -0.05) is 41.9 Å². The van der Waals surface area contributed by atoms with Crippen LogP contribution in [0.5, 0.6) is 0 Å². The summed E-state index contributed by atoms with van der Waals surface area (Å²) >= 11 is 6.09. The van der Waals surface area contributed by atoms with Crippen molar-refractivity contribution in [3.8, 4) is 0 Å². The number of benzene rings is 1. The normalized spacial score (nSPS) is 17.8. The molecule has 0 saturated heterocycles. The van der Waals surface area contributed by atoms with Crippen molar-refractivity contribution >= 4 is 17.4 Å². The Balaban J connectivity index is 1.76. The van der Waals surface area contributed by atoms with Gasteiger partial charge in [-0.2, -0.15) is 0 Å². The summed E-state index contributed by atoms with van der Waals surface area (Å²) in [5, 5.41) is 2.70. The second-order valence-corrected chi connectivity index (χ2v) is 6.33. The summed E-state index contributed by atoms with van der Waals surface area (Å²) in [4.78, 5) is 11.1. The first-order chi connectivity index (χ1) is 11.5. The zero-order valence-corrected chi connectivity index (χ0v) is 14.1. The van der Waals surface area contributed by atoms with Crippen LogP contribution >= 0.6 is 11.6 Å². The highest BCUT2D eigenvalue weighted by molar-refractivity contribution is 6.31. The van der Waals surface area contributed by atoms with Crippen molar-refractivity contribution in [2.75, 3.05) is 11.9 Å². The molecule has 0 saturated carbocycles. The minimum atomic E-state index is -2.46. The summed E-state index contributed by atoms with van der Waals surface area (Å²) in [5.74, 6) is 0.236. The Hall–Kier alpha value is -1.79. The largest absolute Gasteiger partial charge is 0.362 e. The molecule has 7 heteroatoms. The van der Waals surface area contributed by atoms with Crippen molar-refractivity contribution in [1.82, 2.24) is 14.9 Å². The molecule has 0 radical (unpaired) electrons. The minimum absolute atomic E-state index is 0.142. The van der Waals surface area contributed by atoms with E-state index in [0.717, 1.165) is 24.4 Å². The van der Waals surface area contributed by atoms with E-state index < -0.39 is 13.0 Å². The molecule has 24 heavy (non-hydrogen) atoms. The first-order valence-corrected chi connectivity index (χ1v) is 8.26. The van der Waals surface area contributed by atoms with Crippen molar-refractivity contribution < 1.29 is 8.78 Å². The summed E-state index contributed by atoms with van der Waals surface area (Å²) in [7, 11) is 0. The molecule has 2 heterocycles. The fourth-order valence-electron chi connectivity index (χ4n) is 2.84. The van der Waals surface area contributed by atoms with E-state index in [0.29, 0.717) is 6.54 Å². The fourth-order valence-corrected chi connectivity index (χ4v) is 3.06. The minimum Gasteiger partial charge on any atom is -0.362 e. The molecule has 1 aliphatic rings. The molecule has 1 aliphatic heterocycles. The summed E-state index contributed by atoms with van der Waals surface area (Å²) in [5.41, 5.74) is 2.88. The number of halogens is 3. The molecule has 0 aliphatic carbocycles. The first-order valence-electron chi connectivity index (χ1n) is 7.88. The van der Waals surface area contributed by atoms with Crippen molar-refractivity contribution in [3.63, 3.8) is 0 Å². The lowest BCUT2D eigenvalue weighted by atomic mass is 10.0. The summed E-state index contributed by atoms with van der Waals surface area (Å²) in [6.45, 7) is 3.12. The van der Waals surface area contributed by atoms with Gasteiger partial charge in [0.05, 0.1) is 17.9 Å². The number of hydrogen-bond acceptors (Lipinski definition) is 4. The van der Waals surface area contributed by atoms with E-state index in [2.05, 4.69) is 39.2 Å². The number of anilines is 1. The quantitative estimate of drug-likeness (QED) is 0.889. The maximum atomic E-state index is 12.4. The van der Waals surface area contributed by atoms with Crippen LogP contribution in [0.2, 0.25) is 5.15 Å². The van der Waals surface area contributed by atoms with Gasteiger partial charge < -0.3 is 5.32 Å². The Morgan fingerprint density at radius 2 is 2.00 bits per heavy atom. The molecule has 0 amide bonds. The molecule has 1 aromatic carbocycles. The highest BCUT2D eigenvalue weighted by Crippen LogP contribution is 2.27. The molecule has 1 atom stereocenters. The molecule has 0 spiro atoms. The zero-order chi connectivity index (χ0) is 17.1. The maximum Gasteiger partial charge on any atom is 0.255 e. The Morgan fingerprint density at radius 3 is 2.71 bits per heavy atom. The van der Waals surface area contributed by atoms with E-state index in [9.17, 15) is 8.78 Å². The number of hydrogen-bond donors (Lipinski definition) is 1. The van der Waals surface area contributed by atoms with E-state index in [1.165, 1.54) is 5.56 Å². The molecular formula is C17H19ClF2N4. The molecule has 0 bridgehead atoms. The van der Waals surface area contributed by atoms with Gasteiger partial charge >= 0.3 is 0 Å². The molecule has 128 valence electrons. The van der Waals surface area contributed by atoms with Crippen LogP contribution in [0, 0.1) is 0 Å². The van der Waals surface area contributed by atoms with Crippen LogP contribution in [-0.4, -0.2) is 33.9 Å². The topological polar surface area (TPSA) is 41.1 Å². The van der Waals surface area contributed by atoms with Crippen LogP contribution in [0.25, 0.3) is 0 Å². The first kappa shape index (κ1) is 17.0. The highest BCUT2D eigenvalue weighted by Gasteiger charge is 2.26. The molecule has 1 N–H and O–H groups in total. The Labute approximate surface area is 144 Å². The van der Waals surface area contributed by atoms with Crippen LogP contribution in [0.1, 0.15) is 23.9 Å². The van der Waals surface area contributed by atoms with Gasteiger partial charge in [0.15, 0.2) is 11.0 Å². The molecule has 0 fully saturated rings. The number of fused-ring (bicyclic) bond motifs is 1. The predicted octanol–water partition coefficient (Wildman–Crippen LogP) is 3.75. The average molecular weight is 353 g/mol. The Bertz CT molecular complexity index is 696. The lowest BCUT2D eigenvalue weighted by molar-refractivity contribution is 0.163. The lowest BCUT2D eigenvalue weighted by Crippen LogP contribution is -2.39. The number of nitrogens with one attached hydrogen (secondary N) is 1. The van der Waals surface area contributed by atoms with Gasteiger partial charge in [-0.3, -0.25) is 4.90 Å². The van der Waals surface area contributed by atoms with Crippen molar-refractivity contribution in [3.05, 3.63) is 52.4 Å². The molecule has 1 unspecified atom stereocenters. The zero-order valence-electron chi connectivity index (χ0n) is 13.3. The molecular weight excluding hydrogens is 334 g/mol. The van der Waals surface area contributed by atoms with Crippen LogP contribution in [-0.2, 0) is 19.5 Å². The van der Waals surface area contributed by atoms with E-state index in [-0.39, 0.29) is 17.0 Å². The standard InChI is InChI=1S/C17H19ClF2N4/c1-11-7-13-14(10-24(11)9-12-5-3-2-4-6-12)22-16(18)17(23-13)21-8-15(19)20/h2-6,11,15H,7-10H2,1H3,(H,21,23). The van der Waals surface area contributed by atoms with Gasteiger partial charge in [0.1, 0.15) is 0 Å². The monoisotopic (exact) mass is 352 g/mol. The molecule has 2 aromatic rings. The van der Waals surface area contributed by atoms with Crippen LogP contribution < -0.4 is 5.32 Å². The highest BCUT2D eigenvalue weighted by atomic mass is 35.5. The third-order valence-electron chi connectivity index (χ3n) is 4.13. The van der Waals surface area contributed by atoms with Crippen molar-refractivity contribution in [1.29, 1.82) is 0 Å². The fraction of sp³-hybridized carbons (Fsp3) is 0.412. The third-order valence-corrected chi connectivity index (χ3v) is 4.39. The number of alkyl halides is 2. The average Bonchev–Trinajstić information content (AvgIpc) is 2.55. The Morgan fingerprint density at radius 1 is 1.25 bits per heavy atom. The van der Waals surface area contributed by atoms with E-state index in [1.54, 1.807) is 0 Å². The SMILES string of the molecule is CC1Cc2nc(NCC(F)F)c(Cl)nc2CN1Cc1ccccc1. The van der Waals surface area contributed by atoms with Crippen molar-refractivity contribution in [2.24, 2.45) is 0 Å². The van der Waals surface area contributed by atoms with Crippen LogP contribution in [0.3, 0.4) is 0 Å². The van der Waals surface area contributed by atoms with E-state index in [4.69, 9.17) is 11.6 Å². The molecule has 4 nitrogen and oxygen atoms in total. The van der Waals surface area contributed by atoms with Gasteiger partial charge in [0.25, 0.3) is 6.43 Å². The van der Waals surface area contributed by atoms with Gasteiger partial charge in [0, 0.05) is 25.6 Å². The molecule has 1 aromatic heterocycles. The van der Waals surface area contributed by atoms with Gasteiger partial charge in [-0.05, 0) is 12.5 Å². The van der Waals surface area contributed by atoms with Crippen LogP contribution in [0.4, 0.5) is 14.6 Å². The van der Waals surface area contributed by atoms with E-state index >= 15 is 0 Å². The Kier molecular flexibility index (Phi) is 5.26. The predicted molar refractivity (Wildman–Crippen MR) is 90.4 cm³/mol. The summed E-state index contributed by atoms with van der Waals surface area (Å²) < 4.78 is 24.7. The summed E-state index contributed by atoms with van der Waals surface area (Å²) in [6.07, 6.45) is -1.74. The second kappa shape index (κ2) is 7.40. The smallest absolute Gasteiger partial charge is 0.255 e. The lowest BCUT2D eigenvalue weighted by Gasteiger charge is -2.34. The molecule has 3 rings (SSSR count). The number of nitrogens with zero attached hydrogens (tertiary/aromatic N) is 3. The summed E-state index contributed by atoms with van der Waals surface area (Å²) in [6, 6.07) is 10.5. The van der Waals surface area contributed by atoms with Crippen molar-refractivity contribution in [2.45, 2.75) is 38.9 Å². The van der Waals surface area contributed by atoms with Crippen LogP contribution in [0.15, 0.2) is 30.3 Å². The number of aromatic nitrogens is 2. The second-order valence-electron chi connectivity index (χ2n) is 5.97. The number of rotatable bonds is 5. The maximum absolute atomic E-state index is 12.4. The van der Waals surface area contributed by atoms with E-state index in [1.807, 2.05) is 18.2 Å². The van der Waals surface area contributed by atoms with Gasteiger partial charge in [-0.15, -0.1) is 0 Å². The van der Waals surface area contributed by atoms with Gasteiger partial charge in [0.2, 0.25) is 0 Å². The van der Waals surface area contributed by atoms with Gasteiger partial charge in [-0.25, -0.2) is 18.7 Å². The third kappa shape index (κ3) is 3.99.